The molecule has 0 saturated carbocycles. The highest BCUT2D eigenvalue weighted by molar-refractivity contribution is 9.11. The van der Waals surface area contributed by atoms with Gasteiger partial charge < -0.3 is 5.32 Å². The van der Waals surface area contributed by atoms with Crippen LogP contribution < -0.4 is 5.32 Å². The molecule has 1 aromatic carbocycles. The summed E-state index contributed by atoms with van der Waals surface area (Å²) in [5.41, 5.74) is 1.88. The maximum absolute atomic E-state index is 11.8. The van der Waals surface area contributed by atoms with Crippen molar-refractivity contribution in [1.82, 2.24) is 0 Å². The predicted octanol–water partition coefficient (Wildman–Crippen LogP) is 5.23. The van der Waals surface area contributed by atoms with Crippen LogP contribution in [0.15, 0.2) is 44.7 Å². The summed E-state index contributed by atoms with van der Waals surface area (Å²) in [6.07, 6.45) is 3.34. The molecule has 0 aliphatic carbocycles. The highest BCUT2D eigenvalue weighted by Gasteiger charge is 2.01. The second kappa shape index (κ2) is 6.50. The van der Waals surface area contributed by atoms with Crippen LogP contribution in [0.1, 0.15) is 10.4 Å². The lowest BCUT2D eigenvalue weighted by Gasteiger charge is -2.04. The molecule has 19 heavy (non-hydrogen) atoms. The molecule has 1 amide bonds. The predicted molar refractivity (Wildman–Crippen MR) is 88.6 cm³/mol. The lowest BCUT2D eigenvalue weighted by atomic mass is 10.2. The van der Waals surface area contributed by atoms with Gasteiger partial charge >= 0.3 is 0 Å². The molecule has 0 aliphatic heterocycles. The van der Waals surface area contributed by atoms with Crippen molar-refractivity contribution in [1.29, 1.82) is 0 Å². The molecule has 1 N–H and O–H groups in total. The normalized spacial score (nSPS) is 10.9. The highest BCUT2D eigenvalue weighted by Crippen LogP contribution is 2.23. The lowest BCUT2D eigenvalue weighted by Crippen LogP contribution is -2.07. The number of hydrogen-bond acceptors (Lipinski definition) is 2. The van der Waals surface area contributed by atoms with Crippen molar-refractivity contribution >= 4 is 60.9 Å². The Kier molecular flexibility index (Phi) is 4.96. The third kappa shape index (κ3) is 4.30. The molecule has 0 bridgehead atoms. The first-order valence-corrected chi connectivity index (χ1v) is 7.95. The molecule has 2 nitrogen and oxygen atoms in total. The average molecular weight is 401 g/mol. The molecule has 0 atom stereocenters. The molecular weight excluding hydrogens is 390 g/mol. The van der Waals surface area contributed by atoms with Gasteiger partial charge in [-0.3, -0.25) is 4.79 Å². The van der Waals surface area contributed by atoms with Gasteiger partial charge in [-0.1, -0.05) is 15.9 Å². The van der Waals surface area contributed by atoms with Crippen molar-refractivity contribution < 1.29 is 4.79 Å². The van der Waals surface area contributed by atoms with E-state index in [1.54, 1.807) is 17.4 Å². The second-order valence-electron chi connectivity index (χ2n) is 3.93. The fourth-order valence-corrected chi connectivity index (χ4v) is 3.05. The van der Waals surface area contributed by atoms with E-state index in [0.717, 1.165) is 24.4 Å². The zero-order valence-corrected chi connectivity index (χ0v) is 14.1. The third-order valence-electron chi connectivity index (χ3n) is 2.42. The number of carbonyl (C=O) groups is 1. The molecule has 0 radical (unpaired) electrons. The second-order valence-corrected chi connectivity index (χ2v) is 7.28. The molecule has 98 valence electrons. The van der Waals surface area contributed by atoms with Crippen LogP contribution in [0.2, 0.25) is 0 Å². The maximum atomic E-state index is 11.8. The maximum Gasteiger partial charge on any atom is 0.248 e. The van der Waals surface area contributed by atoms with E-state index in [1.165, 1.54) is 6.08 Å². The Morgan fingerprint density at radius 1 is 1.26 bits per heavy atom. The van der Waals surface area contributed by atoms with E-state index in [9.17, 15) is 4.79 Å². The van der Waals surface area contributed by atoms with E-state index in [0.29, 0.717) is 0 Å². The summed E-state index contributed by atoms with van der Waals surface area (Å²) in [5, 5.41) is 2.83. The molecule has 1 heterocycles. The van der Waals surface area contributed by atoms with Crippen molar-refractivity contribution in [2.24, 2.45) is 0 Å². The molecule has 0 spiro atoms. The van der Waals surface area contributed by atoms with E-state index in [1.807, 2.05) is 37.3 Å². The molecule has 0 saturated heterocycles. The number of aryl methyl sites for hydroxylation is 1. The Hall–Kier alpha value is -0.910. The van der Waals surface area contributed by atoms with E-state index < -0.39 is 0 Å². The summed E-state index contributed by atoms with van der Waals surface area (Å²) >= 11 is 8.40. The van der Waals surface area contributed by atoms with Gasteiger partial charge in [-0.2, -0.15) is 0 Å². The van der Waals surface area contributed by atoms with E-state index in [-0.39, 0.29) is 5.91 Å². The summed E-state index contributed by atoms with van der Waals surface area (Å²) < 4.78 is 2.08. The van der Waals surface area contributed by atoms with Crippen molar-refractivity contribution in [3.63, 3.8) is 0 Å². The number of thiophene rings is 1. The molecule has 1 aromatic heterocycles. The van der Waals surface area contributed by atoms with Crippen molar-refractivity contribution in [3.05, 3.63) is 55.1 Å². The minimum absolute atomic E-state index is 0.133. The highest BCUT2D eigenvalue weighted by atomic mass is 79.9. The quantitative estimate of drug-likeness (QED) is 0.701. The lowest BCUT2D eigenvalue weighted by molar-refractivity contribution is -0.111. The average Bonchev–Trinajstić information content (AvgIpc) is 2.77. The summed E-state index contributed by atoms with van der Waals surface area (Å²) in [6.45, 7) is 1.98. The molecule has 5 heteroatoms. The van der Waals surface area contributed by atoms with Crippen LogP contribution in [-0.4, -0.2) is 5.91 Å². The number of nitrogens with one attached hydrogen (secondary N) is 1. The zero-order valence-electron chi connectivity index (χ0n) is 10.1. The molecule has 0 unspecified atom stereocenters. The number of amides is 1. The van der Waals surface area contributed by atoms with E-state index >= 15 is 0 Å². The minimum atomic E-state index is -0.133. The monoisotopic (exact) mass is 399 g/mol. The Morgan fingerprint density at radius 3 is 2.68 bits per heavy atom. The molecule has 0 aliphatic rings. The molecule has 2 rings (SSSR count). The standard InChI is InChI=1S/C14H11Br2NOS/c1-9-8-10(2-5-12(9)15)17-14(18)7-4-11-3-6-13(16)19-11/h2-8H,1H3,(H,17,18)/b7-4+. The van der Waals surface area contributed by atoms with Gasteiger partial charge in [0.1, 0.15) is 0 Å². The SMILES string of the molecule is Cc1cc(NC(=O)/C=C/c2ccc(Br)s2)ccc1Br. The van der Waals surface area contributed by atoms with Crippen molar-refractivity contribution in [2.45, 2.75) is 6.92 Å². The topological polar surface area (TPSA) is 29.1 Å². The Labute approximate surface area is 132 Å². The Bertz CT molecular complexity index is 634. The smallest absolute Gasteiger partial charge is 0.248 e. The van der Waals surface area contributed by atoms with E-state index in [2.05, 4.69) is 37.2 Å². The van der Waals surface area contributed by atoms with Crippen LogP contribution in [0.3, 0.4) is 0 Å². The summed E-state index contributed by atoms with van der Waals surface area (Å²) in [4.78, 5) is 12.8. The number of hydrogen-bond donors (Lipinski definition) is 1. The van der Waals surface area contributed by atoms with Gasteiger partial charge in [0.25, 0.3) is 0 Å². The van der Waals surface area contributed by atoms with Gasteiger partial charge in [0, 0.05) is 21.1 Å². The van der Waals surface area contributed by atoms with Gasteiger partial charge in [0.2, 0.25) is 5.91 Å². The first kappa shape index (κ1) is 14.5. The number of halogens is 2. The Balaban J connectivity index is 2.01. The number of rotatable bonds is 3. The molecule has 2 aromatic rings. The van der Waals surface area contributed by atoms with E-state index in [4.69, 9.17) is 0 Å². The van der Waals surface area contributed by atoms with Crippen molar-refractivity contribution in [3.8, 4) is 0 Å². The van der Waals surface area contributed by atoms with Gasteiger partial charge in [-0.25, -0.2) is 0 Å². The zero-order chi connectivity index (χ0) is 13.8. The van der Waals surface area contributed by atoms with Gasteiger partial charge in [0.15, 0.2) is 0 Å². The molecule has 0 fully saturated rings. The Morgan fingerprint density at radius 2 is 2.05 bits per heavy atom. The van der Waals surface area contributed by atoms with Crippen LogP contribution in [0, 0.1) is 6.92 Å². The summed E-state index contributed by atoms with van der Waals surface area (Å²) in [6, 6.07) is 9.63. The first-order valence-electron chi connectivity index (χ1n) is 5.55. The summed E-state index contributed by atoms with van der Waals surface area (Å²) in [7, 11) is 0. The molecular formula is C14H11Br2NOS. The first-order chi connectivity index (χ1) is 9.04. The van der Waals surface area contributed by atoms with Crippen LogP contribution in [0.4, 0.5) is 5.69 Å². The largest absolute Gasteiger partial charge is 0.323 e. The van der Waals surface area contributed by atoms with Crippen LogP contribution in [-0.2, 0) is 4.79 Å². The van der Waals surface area contributed by atoms with Crippen LogP contribution in [0.5, 0.6) is 0 Å². The van der Waals surface area contributed by atoms with Gasteiger partial charge in [0.05, 0.1) is 3.79 Å². The summed E-state index contributed by atoms with van der Waals surface area (Å²) in [5.74, 6) is -0.133. The van der Waals surface area contributed by atoms with Gasteiger partial charge in [-0.15, -0.1) is 11.3 Å². The fraction of sp³-hybridized carbons (Fsp3) is 0.0714. The third-order valence-corrected chi connectivity index (χ3v) is 4.90. The van der Waals surface area contributed by atoms with Gasteiger partial charge in [-0.05, 0) is 64.8 Å². The number of carbonyl (C=O) groups excluding carboxylic acids is 1. The number of benzene rings is 1. The van der Waals surface area contributed by atoms with Crippen LogP contribution >= 0.6 is 43.2 Å². The fourth-order valence-electron chi connectivity index (χ4n) is 1.48. The number of anilines is 1. The van der Waals surface area contributed by atoms with Crippen LogP contribution in [0.25, 0.3) is 6.08 Å². The minimum Gasteiger partial charge on any atom is -0.323 e. The van der Waals surface area contributed by atoms with Crippen molar-refractivity contribution in [2.75, 3.05) is 5.32 Å².